The van der Waals surface area contributed by atoms with Crippen LogP contribution in [-0.4, -0.2) is 33.9 Å². The summed E-state index contributed by atoms with van der Waals surface area (Å²) in [5.41, 5.74) is 2.18. The second-order valence-electron chi connectivity index (χ2n) is 4.55. The van der Waals surface area contributed by atoms with Crippen LogP contribution in [0.5, 0.6) is 0 Å². The van der Waals surface area contributed by atoms with Gasteiger partial charge in [0.25, 0.3) is 0 Å². The predicted octanol–water partition coefficient (Wildman–Crippen LogP) is 1.79. The normalized spacial score (nSPS) is 13.0. The summed E-state index contributed by atoms with van der Waals surface area (Å²) >= 11 is 0. The maximum Gasteiger partial charge on any atom is 0.0958 e. The average Bonchev–Trinajstić information content (AvgIpc) is 2.80. The Morgan fingerprint density at radius 1 is 1.39 bits per heavy atom. The topological polar surface area (TPSA) is 50.1 Å². The fourth-order valence-corrected chi connectivity index (χ4v) is 2.16. The first-order valence-corrected chi connectivity index (χ1v) is 6.59. The highest BCUT2D eigenvalue weighted by atomic mass is 16.3. The summed E-state index contributed by atoms with van der Waals surface area (Å²) in [5.74, 6) is 0. The van der Waals surface area contributed by atoms with Gasteiger partial charge in [-0.3, -0.25) is 0 Å². The van der Waals surface area contributed by atoms with Gasteiger partial charge in [-0.15, -0.1) is 0 Å². The maximum absolute atomic E-state index is 9.11. The smallest absolute Gasteiger partial charge is 0.0958 e. The van der Waals surface area contributed by atoms with Crippen LogP contribution in [-0.2, 0) is 6.54 Å². The monoisotopic (exact) mass is 247 g/mol. The van der Waals surface area contributed by atoms with Crippen LogP contribution < -0.4 is 5.32 Å². The van der Waals surface area contributed by atoms with E-state index in [1.165, 1.54) is 0 Å². The highest BCUT2D eigenvalue weighted by molar-refractivity contribution is 5.74. The molecule has 1 heterocycles. The third-order valence-corrected chi connectivity index (χ3v) is 3.11. The first-order chi connectivity index (χ1) is 8.85. The Morgan fingerprint density at radius 3 is 3.00 bits per heavy atom. The fourth-order valence-electron chi connectivity index (χ4n) is 2.16. The van der Waals surface area contributed by atoms with Crippen molar-refractivity contribution in [2.45, 2.75) is 32.4 Å². The Bertz CT molecular complexity index is 481. The summed E-state index contributed by atoms with van der Waals surface area (Å²) in [6.07, 6.45) is 3.75. The van der Waals surface area contributed by atoms with Crippen molar-refractivity contribution < 1.29 is 5.11 Å². The molecule has 1 aromatic heterocycles. The number of aliphatic hydroxyl groups excluding tert-OH is 1. The number of aliphatic hydroxyl groups is 1. The Morgan fingerprint density at radius 2 is 2.22 bits per heavy atom. The molecule has 1 unspecified atom stereocenters. The Balaban J connectivity index is 2.10. The molecule has 2 aromatic rings. The van der Waals surface area contributed by atoms with Gasteiger partial charge in [-0.25, -0.2) is 4.98 Å². The molecule has 0 aliphatic heterocycles. The standard InChI is InChI=1S/C14H21N3O/c1-2-8-15-12(7-9-18)10-17-11-16-13-5-3-4-6-14(13)17/h3-6,11-12,15,18H,2,7-10H2,1H3. The number of fused-ring (bicyclic) bond motifs is 1. The van der Waals surface area contributed by atoms with E-state index in [0.29, 0.717) is 6.04 Å². The summed E-state index contributed by atoms with van der Waals surface area (Å²) in [6.45, 7) is 4.20. The van der Waals surface area contributed by atoms with Gasteiger partial charge in [0.1, 0.15) is 0 Å². The summed E-state index contributed by atoms with van der Waals surface area (Å²) in [6, 6.07) is 8.43. The molecule has 1 aromatic carbocycles. The third-order valence-electron chi connectivity index (χ3n) is 3.11. The molecular weight excluding hydrogens is 226 g/mol. The molecule has 2 rings (SSSR count). The van der Waals surface area contributed by atoms with Crippen molar-refractivity contribution in [3.8, 4) is 0 Å². The van der Waals surface area contributed by atoms with Crippen molar-refractivity contribution in [2.24, 2.45) is 0 Å². The highest BCUT2D eigenvalue weighted by Gasteiger charge is 2.10. The molecule has 4 heteroatoms. The first kappa shape index (κ1) is 13.1. The van der Waals surface area contributed by atoms with E-state index in [9.17, 15) is 0 Å². The number of aromatic nitrogens is 2. The van der Waals surface area contributed by atoms with E-state index in [2.05, 4.69) is 27.9 Å². The van der Waals surface area contributed by atoms with Gasteiger partial charge < -0.3 is 15.0 Å². The van der Waals surface area contributed by atoms with Crippen molar-refractivity contribution in [1.29, 1.82) is 0 Å². The summed E-state index contributed by atoms with van der Waals surface area (Å²) in [7, 11) is 0. The van der Waals surface area contributed by atoms with Crippen LogP contribution in [0, 0.1) is 0 Å². The molecule has 4 nitrogen and oxygen atoms in total. The van der Waals surface area contributed by atoms with Gasteiger partial charge in [-0.1, -0.05) is 19.1 Å². The van der Waals surface area contributed by atoms with E-state index in [1.807, 2.05) is 24.5 Å². The second kappa shape index (κ2) is 6.52. The lowest BCUT2D eigenvalue weighted by Crippen LogP contribution is -2.34. The molecule has 18 heavy (non-hydrogen) atoms. The number of nitrogens with zero attached hydrogens (tertiary/aromatic N) is 2. The van der Waals surface area contributed by atoms with Crippen LogP contribution in [0.2, 0.25) is 0 Å². The van der Waals surface area contributed by atoms with Gasteiger partial charge in [0.2, 0.25) is 0 Å². The third kappa shape index (κ3) is 3.09. The van der Waals surface area contributed by atoms with E-state index in [0.717, 1.165) is 37.0 Å². The molecule has 0 saturated carbocycles. The number of para-hydroxylation sites is 2. The Kier molecular flexibility index (Phi) is 4.73. The number of rotatable bonds is 7. The molecule has 0 aliphatic rings. The Hall–Kier alpha value is -1.39. The van der Waals surface area contributed by atoms with E-state index < -0.39 is 0 Å². The minimum absolute atomic E-state index is 0.216. The second-order valence-corrected chi connectivity index (χ2v) is 4.55. The Labute approximate surface area is 108 Å². The number of nitrogens with one attached hydrogen (secondary N) is 1. The molecule has 0 radical (unpaired) electrons. The zero-order valence-electron chi connectivity index (χ0n) is 10.8. The van der Waals surface area contributed by atoms with Crippen LogP contribution in [0.3, 0.4) is 0 Å². The molecule has 1 atom stereocenters. The first-order valence-electron chi connectivity index (χ1n) is 6.59. The predicted molar refractivity (Wildman–Crippen MR) is 73.5 cm³/mol. The number of hydrogen-bond donors (Lipinski definition) is 2. The lowest BCUT2D eigenvalue weighted by molar-refractivity contribution is 0.257. The van der Waals surface area contributed by atoms with E-state index in [1.54, 1.807) is 0 Å². The van der Waals surface area contributed by atoms with E-state index >= 15 is 0 Å². The van der Waals surface area contributed by atoms with Gasteiger partial charge in [-0.2, -0.15) is 0 Å². The summed E-state index contributed by atoms with van der Waals surface area (Å²) in [4.78, 5) is 4.38. The minimum atomic E-state index is 0.216. The quantitative estimate of drug-likeness (QED) is 0.784. The molecular formula is C14H21N3O. The van der Waals surface area contributed by atoms with Gasteiger partial charge in [0.15, 0.2) is 0 Å². The summed E-state index contributed by atoms with van der Waals surface area (Å²) in [5, 5.41) is 12.6. The van der Waals surface area contributed by atoms with Crippen molar-refractivity contribution >= 4 is 11.0 Å². The molecule has 0 spiro atoms. The molecule has 0 fully saturated rings. The number of hydrogen-bond acceptors (Lipinski definition) is 3. The van der Waals surface area contributed by atoms with Gasteiger partial charge >= 0.3 is 0 Å². The molecule has 2 N–H and O–H groups in total. The maximum atomic E-state index is 9.11. The molecule has 0 bridgehead atoms. The zero-order chi connectivity index (χ0) is 12.8. The van der Waals surface area contributed by atoms with Crippen LogP contribution in [0.15, 0.2) is 30.6 Å². The molecule has 0 amide bonds. The molecule has 98 valence electrons. The van der Waals surface area contributed by atoms with Crippen molar-refractivity contribution in [3.05, 3.63) is 30.6 Å². The fraction of sp³-hybridized carbons (Fsp3) is 0.500. The van der Waals surface area contributed by atoms with E-state index in [-0.39, 0.29) is 6.61 Å². The van der Waals surface area contributed by atoms with E-state index in [4.69, 9.17) is 5.11 Å². The van der Waals surface area contributed by atoms with Gasteiger partial charge in [-0.05, 0) is 31.5 Å². The largest absolute Gasteiger partial charge is 0.396 e. The number of imidazole rings is 1. The SMILES string of the molecule is CCCNC(CCO)Cn1cnc2ccccc21. The van der Waals surface area contributed by atoms with Gasteiger partial charge in [0.05, 0.1) is 17.4 Å². The van der Waals surface area contributed by atoms with Crippen molar-refractivity contribution in [1.82, 2.24) is 14.9 Å². The van der Waals surface area contributed by atoms with Crippen LogP contribution in [0.1, 0.15) is 19.8 Å². The average molecular weight is 247 g/mol. The van der Waals surface area contributed by atoms with Crippen molar-refractivity contribution in [3.63, 3.8) is 0 Å². The van der Waals surface area contributed by atoms with Crippen LogP contribution in [0.4, 0.5) is 0 Å². The molecule has 0 aliphatic carbocycles. The lowest BCUT2D eigenvalue weighted by atomic mass is 10.2. The van der Waals surface area contributed by atoms with Crippen LogP contribution >= 0.6 is 0 Å². The van der Waals surface area contributed by atoms with Crippen molar-refractivity contribution in [2.75, 3.05) is 13.2 Å². The van der Waals surface area contributed by atoms with Crippen LogP contribution in [0.25, 0.3) is 11.0 Å². The summed E-state index contributed by atoms with van der Waals surface area (Å²) < 4.78 is 2.15. The van der Waals surface area contributed by atoms with Gasteiger partial charge in [0, 0.05) is 19.2 Å². The highest BCUT2D eigenvalue weighted by Crippen LogP contribution is 2.12. The molecule has 0 saturated heterocycles. The lowest BCUT2D eigenvalue weighted by Gasteiger charge is -2.18. The zero-order valence-corrected chi connectivity index (χ0v) is 10.8. The minimum Gasteiger partial charge on any atom is -0.396 e. The number of benzene rings is 1.